The lowest BCUT2D eigenvalue weighted by Gasteiger charge is -2.32. The number of aliphatic hydroxyl groups is 1. The Morgan fingerprint density at radius 3 is 2.69 bits per heavy atom. The van der Waals surface area contributed by atoms with E-state index in [0.29, 0.717) is 13.1 Å². The van der Waals surface area contributed by atoms with E-state index in [4.69, 9.17) is 4.98 Å². The molecule has 9 nitrogen and oxygen atoms in total. The number of hydrogen-bond donors (Lipinski definition) is 2. The number of imidazole rings is 1. The third-order valence-electron chi connectivity index (χ3n) is 7.48. The number of nitrogens with one attached hydrogen (secondary N) is 1. The van der Waals surface area contributed by atoms with Crippen LogP contribution in [0.1, 0.15) is 56.2 Å². The van der Waals surface area contributed by atoms with Crippen LogP contribution < -0.4 is 10.2 Å². The summed E-state index contributed by atoms with van der Waals surface area (Å²) in [5.41, 5.74) is 5.40. The molecule has 0 atom stereocenters. The van der Waals surface area contributed by atoms with Crippen LogP contribution in [0.4, 0.5) is 5.69 Å². The lowest BCUT2D eigenvalue weighted by molar-refractivity contribution is 0.00467. The molecule has 36 heavy (non-hydrogen) atoms. The van der Waals surface area contributed by atoms with E-state index in [0.717, 1.165) is 73.6 Å². The highest BCUT2D eigenvalue weighted by atomic mass is 16.3. The van der Waals surface area contributed by atoms with Crippen LogP contribution in [0.5, 0.6) is 0 Å². The van der Waals surface area contributed by atoms with Gasteiger partial charge in [-0.25, -0.2) is 9.67 Å². The van der Waals surface area contributed by atoms with Crippen molar-refractivity contribution in [1.82, 2.24) is 34.7 Å². The zero-order valence-corrected chi connectivity index (χ0v) is 20.7. The van der Waals surface area contributed by atoms with Crippen LogP contribution in [-0.2, 0) is 13.1 Å². The Bertz CT molecular complexity index is 1320. The summed E-state index contributed by atoms with van der Waals surface area (Å²) in [6.07, 6.45) is 17.6. The van der Waals surface area contributed by atoms with Crippen molar-refractivity contribution in [3.8, 4) is 11.3 Å². The van der Waals surface area contributed by atoms with E-state index in [9.17, 15) is 5.11 Å². The molecule has 0 aromatic carbocycles. The van der Waals surface area contributed by atoms with E-state index in [1.807, 2.05) is 35.5 Å². The molecule has 5 heterocycles. The SMILES string of the molecule is OC1(CNCc2ccc3nc(Cn4cc(-c5cncc(N6CCCC6)c5)nn4)cn3c2)CCCCC1. The van der Waals surface area contributed by atoms with E-state index in [1.165, 1.54) is 24.8 Å². The molecule has 1 saturated heterocycles. The summed E-state index contributed by atoms with van der Waals surface area (Å²) in [5.74, 6) is 0. The van der Waals surface area contributed by atoms with Gasteiger partial charge < -0.3 is 19.7 Å². The maximum Gasteiger partial charge on any atom is 0.137 e. The highest BCUT2D eigenvalue weighted by Crippen LogP contribution is 2.27. The number of rotatable bonds is 8. The molecule has 4 aromatic rings. The molecule has 2 fully saturated rings. The first-order chi connectivity index (χ1) is 17.6. The first-order valence-electron chi connectivity index (χ1n) is 13.1. The zero-order valence-electron chi connectivity index (χ0n) is 20.7. The van der Waals surface area contributed by atoms with Crippen LogP contribution in [0, 0.1) is 0 Å². The molecule has 0 radical (unpaired) electrons. The zero-order chi connectivity index (χ0) is 24.4. The van der Waals surface area contributed by atoms with E-state index < -0.39 is 5.60 Å². The van der Waals surface area contributed by atoms with Gasteiger partial charge in [-0.15, -0.1) is 5.10 Å². The van der Waals surface area contributed by atoms with Crippen LogP contribution >= 0.6 is 0 Å². The molecule has 0 amide bonds. The molecule has 0 unspecified atom stereocenters. The molecule has 2 N–H and O–H groups in total. The standard InChI is InChI=1S/C27H34N8O/c36-27(8-2-1-3-9-27)20-29-13-21-6-7-26-30-23(17-34(26)16-21)18-35-19-25(31-32-35)22-12-24(15-28-14-22)33-10-4-5-11-33/h6-7,12,14-17,19,29,36H,1-5,8-11,13,18,20H2. The minimum Gasteiger partial charge on any atom is -0.389 e. The average Bonchev–Trinajstić information content (AvgIpc) is 3.66. The van der Waals surface area contributed by atoms with Gasteiger partial charge in [0.15, 0.2) is 0 Å². The molecule has 2 aliphatic rings. The highest BCUT2D eigenvalue weighted by molar-refractivity contribution is 5.63. The molecule has 6 rings (SSSR count). The molecule has 9 heteroatoms. The van der Waals surface area contributed by atoms with Gasteiger partial charge in [-0.05, 0) is 43.4 Å². The monoisotopic (exact) mass is 486 g/mol. The van der Waals surface area contributed by atoms with Gasteiger partial charge in [0, 0.05) is 50.3 Å². The van der Waals surface area contributed by atoms with Gasteiger partial charge in [0.2, 0.25) is 0 Å². The van der Waals surface area contributed by atoms with Gasteiger partial charge in [0.1, 0.15) is 11.3 Å². The Balaban J connectivity index is 1.10. The Morgan fingerprint density at radius 1 is 0.972 bits per heavy atom. The lowest BCUT2D eigenvalue weighted by atomic mass is 9.85. The second-order valence-electron chi connectivity index (χ2n) is 10.4. The first-order valence-corrected chi connectivity index (χ1v) is 13.1. The maximum absolute atomic E-state index is 10.7. The normalized spacial score (nSPS) is 17.8. The van der Waals surface area contributed by atoms with Crippen molar-refractivity contribution >= 4 is 11.3 Å². The average molecular weight is 487 g/mol. The highest BCUT2D eigenvalue weighted by Gasteiger charge is 2.28. The third kappa shape index (κ3) is 5.12. The van der Waals surface area contributed by atoms with E-state index in [1.54, 1.807) is 0 Å². The van der Waals surface area contributed by atoms with Gasteiger partial charge >= 0.3 is 0 Å². The number of anilines is 1. The third-order valence-corrected chi connectivity index (χ3v) is 7.48. The topological polar surface area (TPSA) is 96.4 Å². The molecule has 0 spiro atoms. The minimum atomic E-state index is -0.549. The molecule has 1 aliphatic carbocycles. The van der Waals surface area contributed by atoms with Crippen molar-refractivity contribution in [2.75, 3.05) is 24.5 Å². The maximum atomic E-state index is 10.7. The van der Waals surface area contributed by atoms with Crippen molar-refractivity contribution in [2.24, 2.45) is 0 Å². The fourth-order valence-corrected chi connectivity index (χ4v) is 5.49. The minimum absolute atomic E-state index is 0.549. The predicted octanol–water partition coefficient (Wildman–Crippen LogP) is 3.42. The van der Waals surface area contributed by atoms with Gasteiger partial charge in [0.05, 0.1) is 35.9 Å². The second-order valence-corrected chi connectivity index (χ2v) is 10.4. The molecule has 188 valence electrons. The molecular weight excluding hydrogens is 452 g/mol. The fourth-order valence-electron chi connectivity index (χ4n) is 5.49. The Kier molecular flexibility index (Phi) is 6.41. The summed E-state index contributed by atoms with van der Waals surface area (Å²) in [4.78, 5) is 11.6. The van der Waals surface area contributed by atoms with E-state index in [2.05, 4.69) is 48.2 Å². The van der Waals surface area contributed by atoms with Crippen LogP contribution in [0.25, 0.3) is 16.9 Å². The molecular formula is C27H34N8O. The van der Waals surface area contributed by atoms with Crippen LogP contribution in [-0.4, -0.2) is 59.7 Å². The van der Waals surface area contributed by atoms with Crippen molar-refractivity contribution in [3.05, 3.63) is 60.4 Å². The summed E-state index contributed by atoms with van der Waals surface area (Å²) < 4.78 is 3.88. The number of aromatic nitrogens is 6. The number of fused-ring (bicyclic) bond motifs is 1. The second kappa shape index (κ2) is 9.99. The van der Waals surface area contributed by atoms with Crippen LogP contribution in [0.15, 0.2) is 49.2 Å². The Morgan fingerprint density at radius 2 is 1.83 bits per heavy atom. The van der Waals surface area contributed by atoms with Crippen molar-refractivity contribution in [2.45, 2.75) is 63.6 Å². The van der Waals surface area contributed by atoms with E-state index in [-0.39, 0.29) is 0 Å². The van der Waals surface area contributed by atoms with Gasteiger partial charge in [-0.2, -0.15) is 0 Å². The molecule has 4 aromatic heterocycles. The van der Waals surface area contributed by atoms with Crippen LogP contribution in [0.3, 0.4) is 0 Å². The van der Waals surface area contributed by atoms with Crippen molar-refractivity contribution in [3.63, 3.8) is 0 Å². The van der Waals surface area contributed by atoms with Crippen molar-refractivity contribution in [1.29, 1.82) is 0 Å². The first kappa shape index (κ1) is 23.1. The van der Waals surface area contributed by atoms with Gasteiger partial charge in [-0.3, -0.25) is 4.98 Å². The summed E-state index contributed by atoms with van der Waals surface area (Å²) in [7, 11) is 0. The Hall–Kier alpha value is -3.30. The molecule has 0 bridgehead atoms. The number of pyridine rings is 2. The lowest BCUT2D eigenvalue weighted by Crippen LogP contribution is -2.41. The van der Waals surface area contributed by atoms with Gasteiger partial charge in [0.25, 0.3) is 0 Å². The summed E-state index contributed by atoms with van der Waals surface area (Å²) in [6, 6.07) is 6.29. The molecule has 1 saturated carbocycles. The summed E-state index contributed by atoms with van der Waals surface area (Å²) in [6.45, 7) is 4.10. The fraction of sp³-hybridized carbons (Fsp3) is 0.481. The predicted molar refractivity (Wildman–Crippen MR) is 139 cm³/mol. The summed E-state index contributed by atoms with van der Waals surface area (Å²) in [5, 5.41) is 22.9. The van der Waals surface area contributed by atoms with Gasteiger partial charge in [-0.1, -0.05) is 30.5 Å². The molecule has 1 aliphatic heterocycles. The van der Waals surface area contributed by atoms with Crippen LogP contribution in [0.2, 0.25) is 0 Å². The number of nitrogens with zero attached hydrogens (tertiary/aromatic N) is 7. The van der Waals surface area contributed by atoms with E-state index >= 15 is 0 Å². The largest absolute Gasteiger partial charge is 0.389 e. The Labute approximate surface area is 211 Å². The van der Waals surface area contributed by atoms with Crippen molar-refractivity contribution < 1.29 is 5.11 Å². The summed E-state index contributed by atoms with van der Waals surface area (Å²) >= 11 is 0. The number of hydrogen-bond acceptors (Lipinski definition) is 7. The smallest absolute Gasteiger partial charge is 0.137 e. The quantitative estimate of drug-likeness (QED) is 0.394.